The van der Waals surface area contributed by atoms with Gasteiger partial charge in [-0.15, -0.1) is 0 Å². The fraction of sp³-hybridized carbons (Fsp3) is 0.231. The van der Waals surface area contributed by atoms with Crippen LogP contribution in [0.4, 0.5) is 4.39 Å². The second-order valence-corrected chi connectivity index (χ2v) is 3.93. The fourth-order valence-electron chi connectivity index (χ4n) is 1.87. The molecule has 0 N–H and O–H groups in total. The van der Waals surface area contributed by atoms with E-state index in [0.717, 1.165) is 4.90 Å². The molecule has 1 aliphatic heterocycles. The minimum atomic E-state index is -0.429. The molecule has 17 heavy (non-hydrogen) atoms. The van der Waals surface area contributed by atoms with Crippen LogP contribution in [0.2, 0.25) is 0 Å². The lowest BCUT2D eigenvalue weighted by Crippen LogP contribution is -2.30. The van der Waals surface area contributed by atoms with Gasteiger partial charge in [0.05, 0.1) is 17.0 Å². The molecule has 1 aromatic carbocycles. The molecule has 0 bridgehead atoms. The normalized spacial score (nSPS) is 14.1. The summed E-state index contributed by atoms with van der Waals surface area (Å²) in [5.41, 5.74) is 0.855. The Morgan fingerprint density at radius 3 is 2.18 bits per heavy atom. The Morgan fingerprint density at radius 1 is 1.18 bits per heavy atom. The highest BCUT2D eigenvalue weighted by atomic mass is 19.1. The van der Waals surface area contributed by atoms with Crippen LogP contribution in [-0.2, 0) is 0 Å². The van der Waals surface area contributed by atoms with Gasteiger partial charge in [-0.2, -0.15) is 0 Å². The number of fused-ring (bicyclic) bond motifs is 1. The summed E-state index contributed by atoms with van der Waals surface area (Å²) in [5.74, 6) is -1.02. The Bertz CT molecular complexity index is 461. The van der Waals surface area contributed by atoms with E-state index < -0.39 is 5.83 Å². The quantitative estimate of drug-likeness (QED) is 0.749. The summed E-state index contributed by atoms with van der Waals surface area (Å²) in [6.45, 7) is 3.37. The second-order valence-electron chi connectivity index (χ2n) is 3.93. The van der Waals surface area contributed by atoms with Crippen LogP contribution in [0, 0.1) is 0 Å². The van der Waals surface area contributed by atoms with Crippen LogP contribution in [0.25, 0.3) is 0 Å². The number of rotatable bonds is 4. The van der Waals surface area contributed by atoms with Crippen molar-refractivity contribution in [2.24, 2.45) is 0 Å². The lowest BCUT2D eigenvalue weighted by Gasteiger charge is -2.12. The van der Waals surface area contributed by atoms with Crippen LogP contribution in [0.15, 0.2) is 36.7 Å². The Morgan fingerprint density at radius 2 is 1.71 bits per heavy atom. The van der Waals surface area contributed by atoms with Gasteiger partial charge in [0.15, 0.2) is 0 Å². The molecule has 0 radical (unpaired) electrons. The van der Waals surface area contributed by atoms with Gasteiger partial charge in [-0.25, -0.2) is 4.39 Å². The van der Waals surface area contributed by atoms with Gasteiger partial charge in [0.1, 0.15) is 0 Å². The SMILES string of the molecule is C=C(F)CCCN1C(=O)c2ccccc2C1=O. The van der Waals surface area contributed by atoms with Crippen LogP contribution in [0.1, 0.15) is 33.6 Å². The lowest BCUT2D eigenvalue weighted by atomic mass is 10.1. The van der Waals surface area contributed by atoms with Crippen LogP contribution in [-0.4, -0.2) is 23.3 Å². The van der Waals surface area contributed by atoms with Crippen molar-refractivity contribution in [1.29, 1.82) is 0 Å². The van der Waals surface area contributed by atoms with Gasteiger partial charge in [0.2, 0.25) is 0 Å². The summed E-state index contributed by atoms with van der Waals surface area (Å²) < 4.78 is 12.4. The maximum absolute atomic E-state index is 12.4. The molecule has 3 nitrogen and oxygen atoms in total. The highest BCUT2D eigenvalue weighted by molar-refractivity contribution is 6.21. The van der Waals surface area contributed by atoms with Crippen LogP contribution >= 0.6 is 0 Å². The van der Waals surface area contributed by atoms with Gasteiger partial charge in [0, 0.05) is 13.0 Å². The molecule has 0 unspecified atom stereocenters. The summed E-state index contributed by atoms with van der Waals surface area (Å²) in [4.78, 5) is 24.9. The molecule has 0 fully saturated rings. The largest absolute Gasteiger partial charge is 0.274 e. The van der Waals surface area contributed by atoms with E-state index in [2.05, 4.69) is 6.58 Å². The molecule has 1 aromatic rings. The maximum Gasteiger partial charge on any atom is 0.261 e. The highest BCUT2D eigenvalue weighted by Crippen LogP contribution is 2.22. The second kappa shape index (κ2) is 4.49. The summed E-state index contributed by atoms with van der Waals surface area (Å²) in [6, 6.07) is 6.70. The number of halogens is 1. The van der Waals surface area contributed by atoms with Crippen molar-refractivity contribution >= 4 is 11.8 Å². The zero-order chi connectivity index (χ0) is 12.4. The monoisotopic (exact) mass is 233 g/mol. The van der Waals surface area contributed by atoms with Crippen molar-refractivity contribution < 1.29 is 14.0 Å². The number of carbonyl (C=O) groups is 2. The predicted octanol–water partition coefficient (Wildman–Crippen LogP) is 2.55. The molecule has 1 heterocycles. The average Bonchev–Trinajstić information content (AvgIpc) is 2.54. The molecular formula is C13H12FNO2. The smallest absolute Gasteiger partial charge is 0.261 e. The van der Waals surface area contributed by atoms with Crippen molar-refractivity contribution in [3.63, 3.8) is 0 Å². The zero-order valence-electron chi connectivity index (χ0n) is 9.28. The number of benzene rings is 1. The molecule has 0 saturated carbocycles. The minimum absolute atomic E-state index is 0.174. The third kappa shape index (κ3) is 2.11. The van der Waals surface area contributed by atoms with E-state index in [4.69, 9.17) is 0 Å². The van der Waals surface area contributed by atoms with Gasteiger partial charge >= 0.3 is 0 Å². The first kappa shape index (κ1) is 11.5. The van der Waals surface area contributed by atoms with E-state index in [1.807, 2.05) is 0 Å². The first-order valence-corrected chi connectivity index (χ1v) is 5.40. The van der Waals surface area contributed by atoms with E-state index in [1.165, 1.54) is 0 Å². The molecular weight excluding hydrogens is 221 g/mol. The van der Waals surface area contributed by atoms with E-state index in [1.54, 1.807) is 24.3 Å². The number of amides is 2. The average molecular weight is 233 g/mol. The van der Waals surface area contributed by atoms with Gasteiger partial charge in [-0.1, -0.05) is 18.7 Å². The lowest BCUT2D eigenvalue weighted by molar-refractivity contribution is 0.0652. The van der Waals surface area contributed by atoms with Crippen molar-refractivity contribution in [3.8, 4) is 0 Å². The van der Waals surface area contributed by atoms with Crippen LogP contribution in [0.3, 0.4) is 0 Å². The summed E-state index contributed by atoms with van der Waals surface area (Å²) >= 11 is 0. The molecule has 1 aliphatic rings. The summed E-state index contributed by atoms with van der Waals surface area (Å²) in [6.07, 6.45) is 0.578. The topological polar surface area (TPSA) is 37.4 Å². The third-order valence-corrected chi connectivity index (χ3v) is 2.71. The molecule has 2 amide bonds. The van der Waals surface area contributed by atoms with Gasteiger partial charge < -0.3 is 0 Å². The first-order chi connectivity index (χ1) is 8.11. The number of carbonyl (C=O) groups excluding carboxylic acids is 2. The van der Waals surface area contributed by atoms with E-state index in [0.29, 0.717) is 17.5 Å². The maximum atomic E-state index is 12.4. The van der Waals surface area contributed by atoms with E-state index in [9.17, 15) is 14.0 Å². The van der Waals surface area contributed by atoms with Gasteiger partial charge in [-0.3, -0.25) is 14.5 Å². The predicted molar refractivity (Wildman–Crippen MR) is 61.3 cm³/mol. The Balaban J connectivity index is 2.11. The molecule has 0 atom stereocenters. The molecule has 88 valence electrons. The summed E-state index contributed by atoms with van der Waals surface area (Å²) in [7, 11) is 0. The summed E-state index contributed by atoms with van der Waals surface area (Å²) in [5, 5.41) is 0. The van der Waals surface area contributed by atoms with E-state index >= 15 is 0 Å². The Labute approximate surface area is 98.5 Å². The van der Waals surface area contributed by atoms with Crippen molar-refractivity contribution in [2.45, 2.75) is 12.8 Å². The molecule has 0 aromatic heterocycles. The standard InChI is InChI=1S/C13H12FNO2/c1-9(14)5-4-8-15-12(16)10-6-2-3-7-11(10)13(15)17/h2-3,6-7H,1,4-5,8H2. The van der Waals surface area contributed by atoms with Crippen LogP contribution in [0.5, 0.6) is 0 Å². The Hall–Kier alpha value is -1.97. The molecule has 0 spiro atoms. The fourth-order valence-corrected chi connectivity index (χ4v) is 1.87. The number of allylic oxidation sites excluding steroid dienone is 1. The number of nitrogens with zero attached hydrogens (tertiary/aromatic N) is 1. The highest BCUT2D eigenvalue weighted by Gasteiger charge is 2.34. The first-order valence-electron chi connectivity index (χ1n) is 5.40. The van der Waals surface area contributed by atoms with Crippen molar-refractivity contribution in [1.82, 2.24) is 4.90 Å². The number of hydrogen-bond acceptors (Lipinski definition) is 2. The van der Waals surface area contributed by atoms with E-state index in [-0.39, 0.29) is 24.8 Å². The zero-order valence-corrected chi connectivity index (χ0v) is 9.28. The van der Waals surface area contributed by atoms with Crippen LogP contribution < -0.4 is 0 Å². The third-order valence-electron chi connectivity index (χ3n) is 2.71. The van der Waals surface area contributed by atoms with Gasteiger partial charge in [-0.05, 0) is 18.6 Å². The number of imide groups is 1. The molecule has 2 rings (SSSR count). The van der Waals surface area contributed by atoms with Gasteiger partial charge in [0.25, 0.3) is 11.8 Å². The van der Waals surface area contributed by atoms with Crippen molar-refractivity contribution in [2.75, 3.05) is 6.54 Å². The molecule has 0 aliphatic carbocycles. The number of hydrogen-bond donors (Lipinski definition) is 0. The Kier molecular flexibility index (Phi) is 3.04. The minimum Gasteiger partial charge on any atom is -0.274 e. The van der Waals surface area contributed by atoms with Crippen molar-refractivity contribution in [3.05, 3.63) is 47.8 Å². The molecule has 0 saturated heterocycles. The molecule has 4 heteroatoms.